The Hall–Kier alpha value is -2.42. The Bertz CT molecular complexity index is 863. The maximum absolute atomic E-state index is 13.2. The van der Waals surface area contributed by atoms with E-state index in [0.29, 0.717) is 0 Å². The average molecular weight is 347 g/mol. The van der Waals surface area contributed by atoms with E-state index < -0.39 is 11.5 Å². The molecule has 3 nitrogen and oxygen atoms in total. The first-order chi connectivity index (χ1) is 12.5. The molecular formula is C23H25NO2. The molecule has 1 saturated carbocycles. The van der Waals surface area contributed by atoms with Crippen LogP contribution in [0.2, 0.25) is 0 Å². The lowest BCUT2D eigenvalue weighted by molar-refractivity contribution is -0.125. The van der Waals surface area contributed by atoms with Gasteiger partial charge in [0.1, 0.15) is 5.92 Å². The van der Waals surface area contributed by atoms with Crippen LogP contribution in [-0.4, -0.2) is 17.2 Å². The van der Waals surface area contributed by atoms with Gasteiger partial charge in [0.2, 0.25) is 5.91 Å². The molecule has 0 radical (unpaired) electrons. The maximum atomic E-state index is 13.2. The van der Waals surface area contributed by atoms with Crippen molar-refractivity contribution in [2.75, 3.05) is 0 Å². The van der Waals surface area contributed by atoms with Crippen LogP contribution in [0.4, 0.5) is 0 Å². The van der Waals surface area contributed by atoms with E-state index in [1.54, 1.807) is 0 Å². The largest absolute Gasteiger partial charge is 0.343 e. The van der Waals surface area contributed by atoms with Gasteiger partial charge in [-0.05, 0) is 54.5 Å². The van der Waals surface area contributed by atoms with Crippen LogP contribution in [-0.2, 0) is 9.59 Å². The van der Waals surface area contributed by atoms with E-state index in [2.05, 4.69) is 30.4 Å². The smallest absolute Gasteiger partial charge is 0.235 e. The Morgan fingerprint density at radius 3 is 2.31 bits per heavy atom. The normalized spacial score (nSPS) is 21.8. The third kappa shape index (κ3) is 2.66. The lowest BCUT2D eigenvalue weighted by Gasteiger charge is -2.31. The molecule has 1 aliphatic heterocycles. The summed E-state index contributed by atoms with van der Waals surface area (Å²) in [5.41, 5.74) is 4.68. The molecule has 0 bridgehead atoms. The number of nitrogens with one attached hydrogen (secondary N) is 1. The molecule has 3 heteroatoms. The van der Waals surface area contributed by atoms with Crippen LogP contribution < -0.4 is 5.32 Å². The Labute approximate surface area is 154 Å². The first-order valence-corrected chi connectivity index (χ1v) is 9.55. The third-order valence-electron chi connectivity index (χ3n) is 6.07. The highest BCUT2D eigenvalue weighted by molar-refractivity contribution is 6.17. The van der Waals surface area contributed by atoms with Crippen molar-refractivity contribution in [3.8, 4) is 11.1 Å². The van der Waals surface area contributed by atoms with Gasteiger partial charge < -0.3 is 5.32 Å². The van der Waals surface area contributed by atoms with E-state index in [1.165, 1.54) is 0 Å². The second kappa shape index (κ2) is 6.39. The van der Waals surface area contributed by atoms with Crippen LogP contribution in [0.3, 0.4) is 0 Å². The zero-order valence-electron chi connectivity index (χ0n) is 15.5. The molecule has 1 N–H and O–H groups in total. The summed E-state index contributed by atoms with van der Waals surface area (Å²) in [6.45, 7) is 4.06. The molecule has 134 valence electrons. The molecule has 1 atom stereocenters. The summed E-state index contributed by atoms with van der Waals surface area (Å²) in [5, 5.41) is 3.07. The van der Waals surface area contributed by atoms with E-state index >= 15 is 0 Å². The van der Waals surface area contributed by atoms with Gasteiger partial charge in [-0.3, -0.25) is 9.59 Å². The first-order valence-electron chi connectivity index (χ1n) is 9.55. The zero-order valence-corrected chi connectivity index (χ0v) is 15.5. The summed E-state index contributed by atoms with van der Waals surface area (Å²) in [6.07, 6.45) is 4.76. The van der Waals surface area contributed by atoms with Gasteiger partial charge in [0, 0.05) is 0 Å². The van der Waals surface area contributed by atoms with Crippen molar-refractivity contribution in [2.45, 2.75) is 57.4 Å². The fourth-order valence-electron chi connectivity index (χ4n) is 4.65. The first kappa shape index (κ1) is 17.0. The van der Waals surface area contributed by atoms with Crippen LogP contribution in [0.15, 0.2) is 42.5 Å². The summed E-state index contributed by atoms with van der Waals surface area (Å²) < 4.78 is 0. The van der Waals surface area contributed by atoms with Crippen molar-refractivity contribution in [1.82, 2.24) is 5.32 Å². The van der Waals surface area contributed by atoms with Crippen molar-refractivity contribution < 1.29 is 9.59 Å². The molecular weight excluding hydrogens is 322 g/mol. The van der Waals surface area contributed by atoms with Crippen molar-refractivity contribution in [3.63, 3.8) is 0 Å². The van der Waals surface area contributed by atoms with Gasteiger partial charge in [-0.15, -0.1) is 0 Å². The third-order valence-corrected chi connectivity index (χ3v) is 6.07. The molecule has 1 amide bonds. The fourth-order valence-corrected chi connectivity index (χ4v) is 4.65. The molecule has 2 fully saturated rings. The number of benzene rings is 2. The van der Waals surface area contributed by atoms with Crippen LogP contribution in [0, 0.1) is 13.8 Å². The molecule has 2 aromatic rings. The van der Waals surface area contributed by atoms with E-state index in [-0.39, 0.29) is 11.7 Å². The molecule has 4 rings (SSSR count). The average Bonchev–Trinajstić information content (AvgIpc) is 2.88. The number of carbonyl (C=O) groups is 2. The number of amides is 1. The number of hydrogen-bond donors (Lipinski definition) is 1. The SMILES string of the molecule is Cc1cc(C2C(=O)NC3(CCCCC3)C2=O)c(C)cc1-c1ccccc1. The minimum atomic E-state index is -0.656. The summed E-state index contributed by atoms with van der Waals surface area (Å²) >= 11 is 0. The van der Waals surface area contributed by atoms with Crippen molar-refractivity contribution in [1.29, 1.82) is 0 Å². The lowest BCUT2D eigenvalue weighted by atomic mass is 9.76. The second-order valence-electron chi connectivity index (χ2n) is 7.82. The van der Waals surface area contributed by atoms with Crippen LogP contribution in [0.5, 0.6) is 0 Å². The van der Waals surface area contributed by atoms with Gasteiger partial charge in [0.05, 0.1) is 5.54 Å². The fraction of sp³-hybridized carbons (Fsp3) is 0.391. The Morgan fingerprint density at radius 1 is 0.923 bits per heavy atom. The van der Waals surface area contributed by atoms with E-state index in [4.69, 9.17) is 0 Å². The number of rotatable bonds is 2. The minimum absolute atomic E-state index is 0.0807. The second-order valence-corrected chi connectivity index (χ2v) is 7.82. The van der Waals surface area contributed by atoms with Crippen molar-refractivity contribution in [3.05, 3.63) is 59.2 Å². The van der Waals surface area contributed by atoms with Crippen molar-refractivity contribution in [2.24, 2.45) is 0 Å². The highest BCUT2D eigenvalue weighted by Gasteiger charge is 2.53. The number of ketones is 1. The Kier molecular flexibility index (Phi) is 4.18. The number of carbonyl (C=O) groups excluding carboxylic acids is 2. The monoisotopic (exact) mass is 347 g/mol. The molecule has 2 aliphatic rings. The van der Waals surface area contributed by atoms with Gasteiger partial charge in [-0.1, -0.05) is 61.7 Å². The van der Waals surface area contributed by atoms with Crippen molar-refractivity contribution >= 4 is 11.7 Å². The van der Waals surface area contributed by atoms with E-state index in [1.807, 2.05) is 31.2 Å². The van der Waals surface area contributed by atoms with Gasteiger partial charge in [-0.2, -0.15) is 0 Å². The Morgan fingerprint density at radius 2 is 1.62 bits per heavy atom. The lowest BCUT2D eigenvalue weighted by Crippen LogP contribution is -2.47. The standard InChI is InChI=1S/C23H25NO2/c1-15-14-19(16(2)13-18(15)17-9-5-3-6-10-17)20-21(25)23(24-22(20)26)11-7-4-8-12-23/h3,5-6,9-10,13-14,20H,4,7-8,11-12H2,1-2H3,(H,24,26). The molecule has 1 unspecified atom stereocenters. The van der Waals surface area contributed by atoms with Gasteiger partial charge in [0.15, 0.2) is 5.78 Å². The molecule has 1 aliphatic carbocycles. The Balaban J connectivity index is 1.73. The van der Waals surface area contributed by atoms with E-state index in [9.17, 15) is 9.59 Å². The van der Waals surface area contributed by atoms with Gasteiger partial charge >= 0.3 is 0 Å². The number of aryl methyl sites for hydroxylation is 2. The van der Waals surface area contributed by atoms with Gasteiger partial charge in [-0.25, -0.2) is 0 Å². The molecule has 26 heavy (non-hydrogen) atoms. The topological polar surface area (TPSA) is 46.2 Å². The van der Waals surface area contributed by atoms with Crippen LogP contribution in [0.25, 0.3) is 11.1 Å². The predicted octanol–water partition coefficient (Wildman–Crippen LogP) is 4.46. The zero-order chi connectivity index (χ0) is 18.3. The minimum Gasteiger partial charge on any atom is -0.343 e. The van der Waals surface area contributed by atoms with E-state index in [0.717, 1.165) is 59.9 Å². The number of hydrogen-bond acceptors (Lipinski definition) is 2. The molecule has 1 spiro atoms. The summed E-state index contributed by atoms with van der Waals surface area (Å²) in [7, 11) is 0. The van der Waals surface area contributed by atoms with Gasteiger partial charge in [0.25, 0.3) is 0 Å². The van der Waals surface area contributed by atoms with Crippen LogP contribution in [0.1, 0.15) is 54.7 Å². The summed E-state index contributed by atoms with van der Waals surface area (Å²) in [5.74, 6) is -0.694. The highest BCUT2D eigenvalue weighted by Crippen LogP contribution is 2.40. The molecule has 2 aromatic carbocycles. The highest BCUT2D eigenvalue weighted by atomic mass is 16.2. The van der Waals surface area contributed by atoms with Crippen LogP contribution >= 0.6 is 0 Å². The number of Topliss-reactive ketones (excluding diaryl/α,β-unsaturated/α-hetero) is 1. The maximum Gasteiger partial charge on any atom is 0.235 e. The molecule has 1 saturated heterocycles. The summed E-state index contributed by atoms with van der Waals surface area (Å²) in [6, 6.07) is 14.4. The predicted molar refractivity (Wildman–Crippen MR) is 103 cm³/mol. The summed E-state index contributed by atoms with van der Waals surface area (Å²) in [4.78, 5) is 26.0. The quantitative estimate of drug-likeness (QED) is 0.816. The molecule has 1 heterocycles. The molecule has 0 aromatic heterocycles.